The summed E-state index contributed by atoms with van der Waals surface area (Å²) in [5, 5.41) is 4.98. The third-order valence-electron chi connectivity index (χ3n) is 7.38. The third kappa shape index (κ3) is 3.90. The van der Waals surface area contributed by atoms with Crippen LogP contribution in [0.3, 0.4) is 0 Å². The van der Waals surface area contributed by atoms with Crippen molar-refractivity contribution >= 4 is 17.0 Å². The molecule has 6 nitrogen and oxygen atoms in total. The highest BCUT2D eigenvalue weighted by Crippen LogP contribution is 2.37. The van der Waals surface area contributed by atoms with Gasteiger partial charge in [0.25, 0.3) is 0 Å². The predicted molar refractivity (Wildman–Crippen MR) is 135 cm³/mol. The molecule has 0 saturated carbocycles. The van der Waals surface area contributed by atoms with Crippen molar-refractivity contribution in [3.63, 3.8) is 0 Å². The average molecular weight is 445 g/mol. The topological polar surface area (TPSA) is 39.9 Å². The standard InChI is InChI=1S/C27H36N6/c1-6-10-25(22-11-7-8-12-26(22)31-14-9-13-30(5)15-16-31)32-17-23-24(18-32)29-33-21(4)19(2)20(3)28-27(23)33/h7-8,10-12H,6,9,13-18H2,1-5H3/b25-10+. The molecule has 6 heteroatoms. The first-order valence-corrected chi connectivity index (χ1v) is 12.3. The lowest BCUT2D eigenvalue weighted by molar-refractivity contribution is 0.360. The van der Waals surface area contributed by atoms with Crippen LogP contribution >= 0.6 is 0 Å². The molecule has 0 radical (unpaired) electrons. The monoisotopic (exact) mass is 444 g/mol. The van der Waals surface area contributed by atoms with Crippen molar-refractivity contribution in [3.05, 3.63) is 64.1 Å². The summed E-state index contributed by atoms with van der Waals surface area (Å²) in [6, 6.07) is 8.95. The van der Waals surface area contributed by atoms with E-state index in [9.17, 15) is 0 Å². The van der Waals surface area contributed by atoms with E-state index >= 15 is 0 Å². The lowest BCUT2D eigenvalue weighted by Crippen LogP contribution is -2.30. The van der Waals surface area contributed by atoms with E-state index in [0.29, 0.717) is 0 Å². The first-order chi connectivity index (χ1) is 16.0. The van der Waals surface area contributed by atoms with Gasteiger partial charge in [0.05, 0.1) is 12.2 Å². The van der Waals surface area contributed by atoms with E-state index in [-0.39, 0.29) is 0 Å². The molecule has 1 saturated heterocycles. The van der Waals surface area contributed by atoms with Crippen molar-refractivity contribution in [2.24, 2.45) is 0 Å². The summed E-state index contributed by atoms with van der Waals surface area (Å²) in [6.45, 7) is 14.8. The van der Waals surface area contributed by atoms with Crippen LogP contribution in [-0.2, 0) is 13.1 Å². The number of hydrogen-bond donors (Lipinski definition) is 0. The second kappa shape index (κ2) is 8.82. The van der Waals surface area contributed by atoms with Crippen LogP contribution in [0.25, 0.3) is 11.3 Å². The predicted octanol–water partition coefficient (Wildman–Crippen LogP) is 4.56. The second-order valence-corrected chi connectivity index (χ2v) is 9.58. The number of benzene rings is 1. The SMILES string of the molecule is CC/C=C(\c1ccccc1N1CCCN(C)CC1)N1Cc2nn3c(C)c(C)c(C)nc3c2C1. The molecule has 1 fully saturated rings. The third-order valence-corrected chi connectivity index (χ3v) is 7.38. The van der Waals surface area contributed by atoms with Gasteiger partial charge >= 0.3 is 0 Å². The Morgan fingerprint density at radius 3 is 2.67 bits per heavy atom. The second-order valence-electron chi connectivity index (χ2n) is 9.58. The summed E-state index contributed by atoms with van der Waals surface area (Å²) >= 11 is 0. The molecule has 0 amide bonds. The van der Waals surface area contributed by atoms with Crippen LogP contribution in [0.2, 0.25) is 0 Å². The van der Waals surface area contributed by atoms with Crippen molar-refractivity contribution in [1.82, 2.24) is 24.4 Å². The van der Waals surface area contributed by atoms with Gasteiger partial charge in [-0.3, -0.25) is 0 Å². The van der Waals surface area contributed by atoms with E-state index in [2.05, 4.69) is 84.3 Å². The number of anilines is 1. The number of rotatable bonds is 4. The summed E-state index contributed by atoms with van der Waals surface area (Å²) in [5.74, 6) is 0. The van der Waals surface area contributed by atoms with E-state index in [1.54, 1.807) is 0 Å². The lowest BCUT2D eigenvalue weighted by atomic mass is 10.1. The first kappa shape index (κ1) is 22.0. The molecule has 2 aliphatic heterocycles. The summed E-state index contributed by atoms with van der Waals surface area (Å²) in [7, 11) is 2.23. The zero-order chi connectivity index (χ0) is 23.1. The minimum Gasteiger partial charge on any atom is -0.370 e. The summed E-state index contributed by atoms with van der Waals surface area (Å²) in [5.41, 5.74) is 11.0. The van der Waals surface area contributed by atoms with Gasteiger partial charge in [0.2, 0.25) is 0 Å². The molecule has 0 bridgehead atoms. The summed E-state index contributed by atoms with van der Waals surface area (Å²) < 4.78 is 2.05. The maximum absolute atomic E-state index is 4.98. The smallest absolute Gasteiger partial charge is 0.160 e. The van der Waals surface area contributed by atoms with E-state index in [1.807, 2.05) is 0 Å². The Hall–Kier alpha value is -2.86. The van der Waals surface area contributed by atoms with Gasteiger partial charge < -0.3 is 14.7 Å². The zero-order valence-corrected chi connectivity index (χ0v) is 20.7. The Morgan fingerprint density at radius 2 is 1.85 bits per heavy atom. The molecule has 0 N–H and O–H groups in total. The molecule has 33 heavy (non-hydrogen) atoms. The highest BCUT2D eigenvalue weighted by Gasteiger charge is 2.29. The van der Waals surface area contributed by atoms with E-state index < -0.39 is 0 Å². The molecule has 2 aliphatic rings. The molecule has 0 spiro atoms. The van der Waals surface area contributed by atoms with E-state index in [0.717, 1.165) is 56.2 Å². The highest BCUT2D eigenvalue weighted by molar-refractivity contribution is 5.77. The largest absolute Gasteiger partial charge is 0.370 e. The maximum atomic E-state index is 4.98. The van der Waals surface area contributed by atoms with Gasteiger partial charge in [-0.1, -0.05) is 31.2 Å². The Kier molecular flexibility index (Phi) is 5.87. The normalized spacial score (nSPS) is 17.7. The van der Waals surface area contributed by atoms with Crippen LogP contribution in [0.4, 0.5) is 5.69 Å². The van der Waals surface area contributed by atoms with Gasteiger partial charge in [0, 0.05) is 60.1 Å². The number of para-hydroxylation sites is 1. The maximum Gasteiger partial charge on any atom is 0.160 e. The molecule has 1 aromatic carbocycles. The molecule has 4 heterocycles. The average Bonchev–Trinajstić information content (AvgIpc) is 3.29. The molecular formula is C27H36N6. The zero-order valence-electron chi connectivity index (χ0n) is 20.7. The van der Waals surface area contributed by atoms with E-state index in [4.69, 9.17) is 10.1 Å². The van der Waals surface area contributed by atoms with Crippen LogP contribution < -0.4 is 4.90 Å². The van der Waals surface area contributed by atoms with Gasteiger partial charge in [-0.15, -0.1) is 0 Å². The van der Waals surface area contributed by atoms with Gasteiger partial charge in [-0.05, 0) is 58.8 Å². The number of aryl methyl sites for hydroxylation is 2. The van der Waals surface area contributed by atoms with Crippen LogP contribution in [0.1, 0.15) is 53.5 Å². The van der Waals surface area contributed by atoms with Gasteiger partial charge in [-0.25, -0.2) is 9.50 Å². The fraction of sp³-hybridized carbons (Fsp3) is 0.481. The minimum absolute atomic E-state index is 0.832. The van der Waals surface area contributed by atoms with Gasteiger partial charge in [0.15, 0.2) is 5.65 Å². The summed E-state index contributed by atoms with van der Waals surface area (Å²) in [6.07, 6.45) is 4.59. The number of hydrogen-bond acceptors (Lipinski definition) is 5. The molecule has 5 rings (SSSR count). The van der Waals surface area contributed by atoms with Gasteiger partial charge in [0.1, 0.15) is 0 Å². The minimum atomic E-state index is 0.832. The number of allylic oxidation sites excluding steroid dienone is 1. The number of fused-ring (bicyclic) bond motifs is 3. The molecule has 0 aliphatic carbocycles. The molecular weight excluding hydrogens is 408 g/mol. The number of likely N-dealkylation sites (N-methyl/N-ethyl adjacent to an activating group) is 1. The molecule has 0 atom stereocenters. The Labute approximate surface area is 197 Å². The first-order valence-electron chi connectivity index (χ1n) is 12.3. The molecule has 2 aromatic heterocycles. The Morgan fingerprint density at radius 1 is 1.03 bits per heavy atom. The van der Waals surface area contributed by atoms with Crippen molar-refractivity contribution in [2.75, 3.05) is 38.1 Å². The molecule has 0 unspecified atom stereocenters. The lowest BCUT2D eigenvalue weighted by Gasteiger charge is -2.30. The Balaban J connectivity index is 1.50. The van der Waals surface area contributed by atoms with Crippen LogP contribution in [0.15, 0.2) is 30.3 Å². The van der Waals surface area contributed by atoms with Crippen LogP contribution in [-0.4, -0.2) is 57.6 Å². The van der Waals surface area contributed by atoms with Crippen molar-refractivity contribution in [1.29, 1.82) is 0 Å². The van der Waals surface area contributed by atoms with Gasteiger partial charge in [-0.2, -0.15) is 5.10 Å². The molecule has 174 valence electrons. The van der Waals surface area contributed by atoms with E-state index in [1.165, 1.54) is 46.7 Å². The summed E-state index contributed by atoms with van der Waals surface area (Å²) in [4.78, 5) is 12.4. The van der Waals surface area contributed by atoms with Crippen molar-refractivity contribution in [3.8, 4) is 0 Å². The Bertz CT molecular complexity index is 1210. The number of aromatic nitrogens is 3. The molecule has 3 aromatic rings. The van der Waals surface area contributed by atoms with Crippen molar-refractivity contribution < 1.29 is 0 Å². The quantitative estimate of drug-likeness (QED) is 0.590. The van der Waals surface area contributed by atoms with Crippen LogP contribution in [0.5, 0.6) is 0 Å². The number of nitrogens with zero attached hydrogens (tertiary/aromatic N) is 6. The van der Waals surface area contributed by atoms with Crippen LogP contribution in [0, 0.1) is 20.8 Å². The van der Waals surface area contributed by atoms with Crippen molar-refractivity contribution in [2.45, 2.75) is 53.6 Å². The highest BCUT2D eigenvalue weighted by atomic mass is 15.3. The fourth-order valence-corrected chi connectivity index (χ4v) is 5.24. The fourth-order valence-electron chi connectivity index (χ4n) is 5.24.